The minimum Gasteiger partial charge on any atom is -0.329 e. The van der Waals surface area contributed by atoms with Crippen LogP contribution in [0.25, 0.3) is 17.1 Å². The first-order valence-electron chi connectivity index (χ1n) is 8.96. The smallest absolute Gasteiger partial charge is 0.285 e. The van der Waals surface area contributed by atoms with Crippen molar-refractivity contribution < 1.29 is 4.57 Å². The molecule has 2 heterocycles. The van der Waals surface area contributed by atoms with Crippen molar-refractivity contribution in [2.24, 2.45) is 7.05 Å². The van der Waals surface area contributed by atoms with Gasteiger partial charge in [-0.1, -0.05) is 24.3 Å². The van der Waals surface area contributed by atoms with Gasteiger partial charge in [-0.05, 0) is 38.1 Å². The number of aryl methyl sites for hydroxylation is 2. The SMILES string of the molecule is CCN1/C(=C/c2n(CC)c3ccccc3[n+]2C)N(C)c2ccccc21. The Bertz CT molecular complexity index is 967. The lowest BCUT2D eigenvalue weighted by Gasteiger charge is -2.20. The topological polar surface area (TPSA) is 15.3 Å². The normalized spacial score (nSPS) is 15.4. The van der Waals surface area contributed by atoms with E-state index in [4.69, 9.17) is 0 Å². The van der Waals surface area contributed by atoms with Crippen molar-refractivity contribution in [1.29, 1.82) is 0 Å². The summed E-state index contributed by atoms with van der Waals surface area (Å²) < 4.78 is 4.67. The summed E-state index contributed by atoms with van der Waals surface area (Å²) in [5, 5.41) is 0. The van der Waals surface area contributed by atoms with Gasteiger partial charge in [0.25, 0.3) is 5.82 Å². The highest BCUT2D eigenvalue weighted by atomic mass is 15.4. The van der Waals surface area contributed by atoms with E-state index in [1.165, 1.54) is 34.1 Å². The molecule has 2 aromatic carbocycles. The molecule has 0 N–H and O–H groups in total. The van der Waals surface area contributed by atoms with Gasteiger partial charge < -0.3 is 9.80 Å². The number of anilines is 2. The molecule has 4 nitrogen and oxygen atoms in total. The molecule has 0 unspecified atom stereocenters. The number of imidazole rings is 1. The van der Waals surface area contributed by atoms with Crippen LogP contribution in [0.2, 0.25) is 0 Å². The van der Waals surface area contributed by atoms with Crippen molar-refractivity contribution >= 4 is 28.5 Å². The van der Waals surface area contributed by atoms with Gasteiger partial charge in [-0.15, -0.1) is 0 Å². The summed E-state index contributed by atoms with van der Waals surface area (Å²) >= 11 is 0. The summed E-state index contributed by atoms with van der Waals surface area (Å²) in [6.07, 6.45) is 2.31. The second-order valence-electron chi connectivity index (χ2n) is 6.44. The Kier molecular flexibility index (Phi) is 3.75. The van der Waals surface area contributed by atoms with Crippen molar-refractivity contribution in [3.05, 3.63) is 60.2 Å². The Balaban J connectivity index is 1.92. The molecule has 1 aromatic heterocycles. The summed E-state index contributed by atoms with van der Waals surface area (Å²) in [5.74, 6) is 2.44. The zero-order chi connectivity index (χ0) is 17.6. The average Bonchev–Trinajstić information content (AvgIpc) is 3.08. The fourth-order valence-electron chi connectivity index (χ4n) is 3.94. The van der Waals surface area contributed by atoms with E-state index >= 15 is 0 Å². The van der Waals surface area contributed by atoms with Gasteiger partial charge in [0.1, 0.15) is 5.82 Å². The van der Waals surface area contributed by atoms with Crippen LogP contribution in [-0.2, 0) is 13.6 Å². The fourth-order valence-corrected chi connectivity index (χ4v) is 3.94. The van der Waals surface area contributed by atoms with Crippen LogP contribution in [0.3, 0.4) is 0 Å². The van der Waals surface area contributed by atoms with Gasteiger partial charge in [0.05, 0.1) is 31.0 Å². The molecule has 0 amide bonds. The van der Waals surface area contributed by atoms with E-state index in [0.29, 0.717) is 0 Å². The minimum atomic E-state index is 0.948. The summed E-state index contributed by atoms with van der Waals surface area (Å²) in [4.78, 5) is 4.67. The van der Waals surface area contributed by atoms with Gasteiger partial charge in [0.2, 0.25) is 0 Å². The van der Waals surface area contributed by atoms with Crippen molar-refractivity contribution in [3.63, 3.8) is 0 Å². The molecule has 0 spiro atoms. The van der Waals surface area contributed by atoms with E-state index in [0.717, 1.165) is 13.1 Å². The summed E-state index contributed by atoms with van der Waals surface area (Å²) in [5.41, 5.74) is 5.08. The molecule has 4 rings (SSSR count). The van der Waals surface area contributed by atoms with Crippen LogP contribution < -0.4 is 14.4 Å². The number of benzene rings is 2. The Hall–Kier alpha value is -2.75. The number of rotatable bonds is 3. The highest BCUT2D eigenvalue weighted by Gasteiger charge is 2.30. The van der Waals surface area contributed by atoms with Crippen LogP contribution in [0.1, 0.15) is 19.7 Å². The Morgan fingerprint density at radius 3 is 2.32 bits per heavy atom. The van der Waals surface area contributed by atoms with Crippen LogP contribution >= 0.6 is 0 Å². The first-order valence-corrected chi connectivity index (χ1v) is 8.96. The molecule has 0 radical (unpaired) electrons. The zero-order valence-corrected chi connectivity index (χ0v) is 15.4. The van der Waals surface area contributed by atoms with Gasteiger partial charge in [-0.2, -0.15) is 0 Å². The molecule has 0 aliphatic carbocycles. The molecular weight excluding hydrogens is 308 g/mol. The maximum absolute atomic E-state index is 2.38. The molecule has 1 aliphatic heterocycles. The van der Waals surface area contributed by atoms with Crippen LogP contribution in [0.5, 0.6) is 0 Å². The first kappa shape index (κ1) is 15.8. The maximum Gasteiger partial charge on any atom is 0.285 e. The summed E-state index contributed by atoms with van der Waals surface area (Å²) in [7, 11) is 4.30. The number of para-hydroxylation sites is 4. The number of aromatic nitrogens is 2. The number of hydrogen-bond acceptors (Lipinski definition) is 2. The van der Waals surface area contributed by atoms with Crippen LogP contribution in [-0.4, -0.2) is 18.2 Å². The molecule has 25 heavy (non-hydrogen) atoms. The number of hydrogen-bond donors (Lipinski definition) is 0. The van der Waals surface area contributed by atoms with Crippen LogP contribution in [0, 0.1) is 0 Å². The zero-order valence-electron chi connectivity index (χ0n) is 15.4. The van der Waals surface area contributed by atoms with Crippen LogP contribution in [0.15, 0.2) is 54.4 Å². The predicted molar refractivity (Wildman–Crippen MR) is 105 cm³/mol. The number of fused-ring (bicyclic) bond motifs is 2. The fraction of sp³-hybridized carbons (Fsp3) is 0.286. The van der Waals surface area contributed by atoms with Crippen molar-refractivity contribution in [2.75, 3.05) is 23.4 Å². The molecule has 3 aromatic rings. The third kappa shape index (κ3) is 2.24. The largest absolute Gasteiger partial charge is 0.329 e. The molecule has 128 valence electrons. The molecular formula is C21H25N4+. The third-order valence-electron chi connectivity index (χ3n) is 5.20. The van der Waals surface area contributed by atoms with E-state index in [9.17, 15) is 0 Å². The number of nitrogens with zero attached hydrogens (tertiary/aromatic N) is 4. The molecule has 0 saturated heterocycles. The first-order chi connectivity index (χ1) is 12.2. The third-order valence-corrected chi connectivity index (χ3v) is 5.20. The second-order valence-corrected chi connectivity index (χ2v) is 6.44. The quantitative estimate of drug-likeness (QED) is 0.678. The lowest BCUT2D eigenvalue weighted by atomic mass is 10.2. The molecule has 0 fully saturated rings. The molecule has 0 bridgehead atoms. The molecule has 4 heteroatoms. The molecule has 0 atom stereocenters. The highest BCUT2D eigenvalue weighted by Crippen LogP contribution is 2.40. The predicted octanol–water partition coefficient (Wildman–Crippen LogP) is 3.76. The minimum absolute atomic E-state index is 0.948. The van der Waals surface area contributed by atoms with E-state index in [1.807, 2.05) is 0 Å². The molecule has 1 aliphatic rings. The Morgan fingerprint density at radius 2 is 1.60 bits per heavy atom. The van der Waals surface area contributed by atoms with E-state index in [-0.39, 0.29) is 0 Å². The van der Waals surface area contributed by atoms with Crippen molar-refractivity contribution in [1.82, 2.24) is 4.57 Å². The van der Waals surface area contributed by atoms with Crippen molar-refractivity contribution in [2.45, 2.75) is 20.4 Å². The van der Waals surface area contributed by atoms with E-state index in [2.05, 4.69) is 101 Å². The Morgan fingerprint density at radius 1 is 0.920 bits per heavy atom. The second kappa shape index (κ2) is 5.96. The Labute approximate surface area is 149 Å². The lowest BCUT2D eigenvalue weighted by Crippen LogP contribution is -2.33. The highest BCUT2D eigenvalue weighted by molar-refractivity contribution is 5.85. The summed E-state index contributed by atoms with van der Waals surface area (Å²) in [6.45, 7) is 6.31. The monoisotopic (exact) mass is 333 g/mol. The van der Waals surface area contributed by atoms with Gasteiger partial charge in [-0.3, -0.25) is 0 Å². The van der Waals surface area contributed by atoms with Gasteiger partial charge in [0, 0.05) is 13.6 Å². The van der Waals surface area contributed by atoms with Gasteiger partial charge in [0.15, 0.2) is 11.0 Å². The van der Waals surface area contributed by atoms with E-state index < -0.39 is 0 Å². The van der Waals surface area contributed by atoms with E-state index in [1.54, 1.807) is 0 Å². The van der Waals surface area contributed by atoms with Crippen molar-refractivity contribution in [3.8, 4) is 0 Å². The van der Waals surface area contributed by atoms with Gasteiger partial charge >= 0.3 is 0 Å². The van der Waals surface area contributed by atoms with Gasteiger partial charge in [-0.25, -0.2) is 9.13 Å². The van der Waals surface area contributed by atoms with Crippen LogP contribution in [0.4, 0.5) is 11.4 Å². The average molecular weight is 333 g/mol. The molecule has 0 saturated carbocycles. The standard InChI is InChI=1S/C21H25N4/c1-5-24-18-13-9-7-11-16(18)22(3)20(24)15-21-23(4)17-12-8-10-14-19(17)25(21)6-2/h7-15H,5-6H2,1-4H3/q+1. The summed E-state index contributed by atoms with van der Waals surface area (Å²) in [6, 6.07) is 17.2. The maximum atomic E-state index is 2.38. The lowest BCUT2D eigenvalue weighted by molar-refractivity contribution is -0.647.